The van der Waals surface area contributed by atoms with Gasteiger partial charge in [0, 0.05) is 63.0 Å². The Morgan fingerprint density at radius 1 is 1.32 bits per heavy atom. The molecule has 4 rings (SSSR count). The van der Waals surface area contributed by atoms with Crippen LogP contribution in [0, 0.1) is 0 Å². The summed E-state index contributed by atoms with van der Waals surface area (Å²) in [7, 11) is 0. The van der Waals surface area contributed by atoms with Gasteiger partial charge in [0.1, 0.15) is 11.6 Å². The average Bonchev–Trinajstić information content (AvgIpc) is 2.95. The second kappa shape index (κ2) is 6.73. The maximum Gasteiger partial charge on any atom is 0.303 e. The van der Waals surface area contributed by atoms with Crippen molar-refractivity contribution < 1.29 is 18.3 Å². The number of amides is 1. The zero-order valence-corrected chi connectivity index (χ0v) is 15.7. The van der Waals surface area contributed by atoms with E-state index >= 15 is 0 Å². The van der Waals surface area contributed by atoms with Gasteiger partial charge in [-0.05, 0) is 18.9 Å². The largest absolute Gasteiger partial charge is 0.381 e. The Kier molecular flexibility index (Phi) is 4.49. The highest BCUT2D eigenvalue weighted by molar-refractivity contribution is 5.88. The van der Waals surface area contributed by atoms with Gasteiger partial charge in [0.25, 0.3) is 0 Å². The van der Waals surface area contributed by atoms with Gasteiger partial charge in [0.2, 0.25) is 11.7 Å². The number of ether oxygens (including phenoxy) is 1. The molecule has 2 aromatic heterocycles. The number of halogens is 2. The smallest absolute Gasteiger partial charge is 0.303 e. The molecule has 2 aliphatic rings. The number of nitrogens with zero attached hydrogens (tertiary/aromatic N) is 4. The van der Waals surface area contributed by atoms with Crippen molar-refractivity contribution in [1.29, 1.82) is 0 Å². The molecular formula is C19H21F2N5O2. The van der Waals surface area contributed by atoms with Crippen LogP contribution in [0.15, 0.2) is 24.5 Å². The predicted octanol–water partition coefficient (Wildman–Crippen LogP) is 3.14. The van der Waals surface area contributed by atoms with Crippen LogP contribution in [0.5, 0.6) is 0 Å². The van der Waals surface area contributed by atoms with Gasteiger partial charge < -0.3 is 15.0 Å². The summed E-state index contributed by atoms with van der Waals surface area (Å²) >= 11 is 0. The van der Waals surface area contributed by atoms with E-state index in [9.17, 15) is 13.6 Å². The van der Waals surface area contributed by atoms with Gasteiger partial charge in [-0.2, -0.15) is 8.78 Å². The summed E-state index contributed by atoms with van der Waals surface area (Å²) in [5, 5.41) is 2.68. The molecule has 2 aliphatic heterocycles. The molecule has 2 aromatic rings. The minimum atomic E-state index is -3.13. The van der Waals surface area contributed by atoms with Crippen LogP contribution >= 0.6 is 0 Å². The Morgan fingerprint density at radius 2 is 2.07 bits per heavy atom. The number of pyridine rings is 1. The third kappa shape index (κ3) is 3.30. The van der Waals surface area contributed by atoms with Crippen LogP contribution in [0.25, 0.3) is 0 Å². The molecule has 1 fully saturated rings. The van der Waals surface area contributed by atoms with E-state index in [-0.39, 0.29) is 11.3 Å². The molecule has 1 spiro atoms. The Morgan fingerprint density at radius 3 is 2.75 bits per heavy atom. The number of rotatable bonds is 3. The maximum absolute atomic E-state index is 13.8. The lowest BCUT2D eigenvalue weighted by molar-refractivity contribution is -0.114. The zero-order chi connectivity index (χ0) is 19.9. The standard InChI is InChI=1S/C19H21F2N5O2/c1-12(27)24-15-9-14-13(10-23-15)19(4-7-28-8-5-19)11-26(14)16-3-6-22-17(25-16)18(2,20)21/h3,6,9-10H,4-5,7-8,11H2,1-2H3,(H,23,24,27). The highest BCUT2D eigenvalue weighted by Gasteiger charge is 2.45. The summed E-state index contributed by atoms with van der Waals surface area (Å²) in [5.41, 5.74) is 1.65. The van der Waals surface area contributed by atoms with Crippen molar-refractivity contribution in [2.24, 2.45) is 0 Å². The third-order valence-corrected chi connectivity index (χ3v) is 5.27. The molecule has 0 aromatic carbocycles. The Balaban J connectivity index is 1.80. The van der Waals surface area contributed by atoms with Crippen molar-refractivity contribution in [3.05, 3.63) is 35.9 Å². The predicted molar refractivity (Wildman–Crippen MR) is 98.9 cm³/mol. The van der Waals surface area contributed by atoms with Crippen molar-refractivity contribution >= 4 is 23.2 Å². The molecule has 0 bridgehead atoms. The first kappa shape index (κ1) is 18.7. The Labute approximate surface area is 161 Å². The van der Waals surface area contributed by atoms with Crippen LogP contribution in [0.2, 0.25) is 0 Å². The second-order valence-electron chi connectivity index (χ2n) is 7.37. The maximum atomic E-state index is 13.8. The number of alkyl halides is 2. The molecule has 148 valence electrons. The van der Waals surface area contributed by atoms with E-state index in [0.29, 0.717) is 31.4 Å². The topological polar surface area (TPSA) is 80.2 Å². The van der Waals surface area contributed by atoms with E-state index in [0.717, 1.165) is 31.0 Å². The van der Waals surface area contributed by atoms with E-state index in [1.165, 1.54) is 13.1 Å². The number of nitrogens with one attached hydrogen (secondary N) is 1. The minimum Gasteiger partial charge on any atom is -0.381 e. The number of aromatic nitrogens is 3. The molecule has 0 atom stereocenters. The minimum absolute atomic E-state index is 0.185. The average molecular weight is 389 g/mol. The molecule has 7 nitrogen and oxygen atoms in total. The van der Waals surface area contributed by atoms with Crippen LogP contribution in [0.4, 0.5) is 26.1 Å². The Bertz CT molecular complexity index is 909. The highest BCUT2D eigenvalue weighted by atomic mass is 19.3. The van der Waals surface area contributed by atoms with Crippen LogP contribution in [-0.4, -0.2) is 40.6 Å². The number of anilines is 3. The summed E-state index contributed by atoms with van der Waals surface area (Å²) in [6.07, 6.45) is 4.72. The van der Waals surface area contributed by atoms with E-state index < -0.39 is 11.7 Å². The molecule has 1 amide bonds. The molecule has 4 heterocycles. The number of hydrogen-bond donors (Lipinski definition) is 1. The monoisotopic (exact) mass is 389 g/mol. The first-order valence-corrected chi connectivity index (χ1v) is 9.13. The van der Waals surface area contributed by atoms with E-state index in [1.807, 2.05) is 4.90 Å². The molecule has 0 unspecified atom stereocenters. The normalized spacial score (nSPS) is 18.2. The van der Waals surface area contributed by atoms with E-state index in [1.54, 1.807) is 18.3 Å². The first-order chi connectivity index (χ1) is 13.3. The first-order valence-electron chi connectivity index (χ1n) is 9.13. The summed E-state index contributed by atoms with van der Waals surface area (Å²) in [6, 6.07) is 3.39. The van der Waals surface area contributed by atoms with Crippen molar-refractivity contribution in [3.63, 3.8) is 0 Å². The fourth-order valence-corrected chi connectivity index (χ4v) is 3.90. The molecule has 1 N–H and O–H groups in total. The zero-order valence-electron chi connectivity index (χ0n) is 15.7. The van der Waals surface area contributed by atoms with Gasteiger partial charge in [-0.1, -0.05) is 0 Å². The lowest BCUT2D eigenvalue weighted by atomic mass is 9.76. The van der Waals surface area contributed by atoms with Crippen molar-refractivity contribution in [3.8, 4) is 0 Å². The fraction of sp³-hybridized carbons (Fsp3) is 0.474. The molecule has 1 saturated heterocycles. The van der Waals surface area contributed by atoms with Crippen LogP contribution in [0.3, 0.4) is 0 Å². The summed E-state index contributed by atoms with van der Waals surface area (Å²) in [6.45, 7) is 4.03. The summed E-state index contributed by atoms with van der Waals surface area (Å²) < 4.78 is 33.0. The molecule has 9 heteroatoms. The van der Waals surface area contributed by atoms with Gasteiger partial charge in [0.15, 0.2) is 0 Å². The number of carbonyl (C=O) groups excluding carboxylic acids is 1. The van der Waals surface area contributed by atoms with Crippen LogP contribution in [0.1, 0.15) is 38.1 Å². The highest BCUT2D eigenvalue weighted by Crippen LogP contribution is 2.49. The summed E-state index contributed by atoms with van der Waals surface area (Å²) in [4.78, 5) is 25.6. The van der Waals surface area contributed by atoms with Gasteiger partial charge in [-0.25, -0.2) is 15.0 Å². The third-order valence-electron chi connectivity index (χ3n) is 5.27. The van der Waals surface area contributed by atoms with Gasteiger partial charge >= 0.3 is 5.92 Å². The molecule has 0 aliphatic carbocycles. The quantitative estimate of drug-likeness (QED) is 0.869. The molecule has 0 saturated carbocycles. The van der Waals surface area contributed by atoms with Gasteiger partial charge in [-0.3, -0.25) is 4.79 Å². The van der Waals surface area contributed by atoms with Crippen LogP contribution in [-0.2, 0) is 20.9 Å². The van der Waals surface area contributed by atoms with Gasteiger partial charge in [0.05, 0.1) is 5.69 Å². The van der Waals surface area contributed by atoms with Crippen molar-refractivity contribution in [2.45, 2.75) is 38.0 Å². The fourth-order valence-electron chi connectivity index (χ4n) is 3.90. The SMILES string of the molecule is CC(=O)Nc1cc2c(cn1)C1(CCOCC1)CN2c1ccnc(C(C)(F)F)n1. The molecule has 0 radical (unpaired) electrons. The van der Waals surface area contributed by atoms with E-state index in [2.05, 4.69) is 20.3 Å². The van der Waals surface area contributed by atoms with Gasteiger partial charge in [-0.15, -0.1) is 0 Å². The number of fused-ring (bicyclic) bond motifs is 2. The second-order valence-corrected chi connectivity index (χ2v) is 7.37. The van der Waals surface area contributed by atoms with E-state index in [4.69, 9.17) is 4.74 Å². The number of hydrogen-bond acceptors (Lipinski definition) is 6. The molecule has 28 heavy (non-hydrogen) atoms. The summed E-state index contributed by atoms with van der Waals surface area (Å²) in [5.74, 6) is -3.07. The lowest BCUT2D eigenvalue weighted by Gasteiger charge is -2.34. The van der Waals surface area contributed by atoms with Crippen LogP contribution < -0.4 is 10.2 Å². The number of carbonyl (C=O) groups is 1. The lowest BCUT2D eigenvalue weighted by Crippen LogP contribution is -2.37. The van der Waals surface area contributed by atoms with Crippen molar-refractivity contribution in [1.82, 2.24) is 15.0 Å². The Hall–Kier alpha value is -2.68. The van der Waals surface area contributed by atoms with Crippen molar-refractivity contribution in [2.75, 3.05) is 30.0 Å². The molecular weight excluding hydrogens is 368 g/mol.